The molecule has 8 nitrogen and oxygen atoms in total. The molecule has 1 fully saturated rings. The first kappa shape index (κ1) is 32.6. The van der Waals surface area contributed by atoms with Gasteiger partial charge in [0, 0.05) is 0 Å². The van der Waals surface area contributed by atoms with E-state index in [-0.39, 0.29) is 22.7 Å². The normalized spacial score (nSPS) is 15.8. The van der Waals surface area contributed by atoms with E-state index in [0.717, 1.165) is 11.1 Å². The van der Waals surface area contributed by atoms with E-state index in [1.165, 1.54) is 0 Å². The summed E-state index contributed by atoms with van der Waals surface area (Å²) in [6.45, 7) is 7.74. The first-order chi connectivity index (χ1) is 20.7. The molecule has 1 saturated heterocycles. The summed E-state index contributed by atoms with van der Waals surface area (Å²) in [6, 6.07) is 23.0. The van der Waals surface area contributed by atoms with E-state index in [1.807, 2.05) is 81.4 Å². The van der Waals surface area contributed by atoms with E-state index in [0.29, 0.717) is 67.3 Å². The molecule has 1 aliphatic heterocycles. The van der Waals surface area contributed by atoms with Gasteiger partial charge in [-0.3, -0.25) is 0 Å². The van der Waals surface area contributed by atoms with Crippen LogP contribution in [0.2, 0.25) is 9.41 Å². The maximum atomic E-state index is 13.1. The van der Waals surface area contributed by atoms with Gasteiger partial charge in [-0.15, -0.1) is 0 Å². The summed E-state index contributed by atoms with van der Waals surface area (Å²) in [5.74, 6) is 0.0268. The molecule has 1 heterocycles. The molecule has 0 bridgehead atoms. The van der Waals surface area contributed by atoms with Gasteiger partial charge in [-0.1, -0.05) is 48.5 Å². The summed E-state index contributed by atoms with van der Waals surface area (Å²) >= 11 is -0.704. The van der Waals surface area contributed by atoms with Gasteiger partial charge in [0.05, 0.1) is 0 Å². The molecule has 0 saturated carbocycles. The molecule has 1 N–H and O–H groups in total. The Bertz CT molecular complexity index is 1320. The Hall–Kier alpha value is -3.32. The van der Waals surface area contributed by atoms with Crippen LogP contribution in [0.25, 0.3) is 0 Å². The maximum absolute atomic E-state index is 13.1. The predicted octanol–water partition coefficient (Wildman–Crippen LogP) is 5.30. The molecule has 0 aromatic heterocycles. The molecule has 4 rings (SSSR count). The van der Waals surface area contributed by atoms with E-state index >= 15 is 0 Å². The quantitative estimate of drug-likeness (QED) is 0.174. The van der Waals surface area contributed by atoms with E-state index < -0.39 is 27.8 Å². The van der Waals surface area contributed by atoms with Gasteiger partial charge in [-0.05, 0) is 0 Å². The van der Waals surface area contributed by atoms with Crippen molar-refractivity contribution in [2.75, 3.05) is 26.4 Å². The topological polar surface area (TPSA) is 101 Å². The van der Waals surface area contributed by atoms with Gasteiger partial charge in [-0.2, -0.15) is 0 Å². The molecule has 3 aromatic rings. The van der Waals surface area contributed by atoms with Crippen LogP contribution in [0.3, 0.4) is 0 Å². The van der Waals surface area contributed by atoms with Gasteiger partial charge in [-0.25, -0.2) is 0 Å². The second-order valence-electron chi connectivity index (χ2n) is 11.3. The average Bonchev–Trinajstić information content (AvgIpc) is 3.56. The minimum atomic E-state index is -0.801. The van der Waals surface area contributed by atoms with E-state index in [2.05, 4.69) is 0 Å². The van der Waals surface area contributed by atoms with Crippen LogP contribution in [0.1, 0.15) is 47.3 Å². The molecule has 1 aliphatic rings. The Morgan fingerprint density at radius 2 is 1.56 bits per heavy atom. The fourth-order valence-corrected chi connectivity index (χ4v) is 6.69. The number of ether oxygens (including phenoxy) is 5. The summed E-state index contributed by atoms with van der Waals surface area (Å²) in [6.07, 6.45) is -0.104. The summed E-state index contributed by atoms with van der Waals surface area (Å²) < 4.78 is 28.3. The van der Waals surface area contributed by atoms with Crippen LogP contribution in [-0.2, 0) is 32.2 Å². The fraction of sp³-hybridized carbons (Fsp3) is 0.412. The van der Waals surface area contributed by atoms with Crippen LogP contribution >= 0.6 is 0 Å². The number of aryl methyl sites for hydroxylation is 1. The summed E-state index contributed by atoms with van der Waals surface area (Å²) in [4.78, 5) is 25.3. The van der Waals surface area contributed by atoms with Crippen molar-refractivity contribution in [1.29, 1.82) is 0 Å². The molecule has 0 radical (unpaired) electrons. The summed E-state index contributed by atoms with van der Waals surface area (Å²) in [5, 5.41) is 11.1. The van der Waals surface area contributed by atoms with Crippen LogP contribution in [0.15, 0.2) is 72.8 Å². The van der Waals surface area contributed by atoms with Crippen molar-refractivity contribution in [2.45, 2.75) is 55.9 Å². The number of rotatable bonds is 15. The number of aliphatic hydroxyl groups is 1. The SMILES string of the molecule is Cc1cc(OCc2ccccc2)c(OCc2ccccc2)cc1C(=O)OCC(O)C[AsH]C(C)(C)COC(=O)[C@H]1CCOC1. The van der Waals surface area contributed by atoms with Gasteiger partial charge >= 0.3 is 212 Å². The van der Waals surface area contributed by atoms with Gasteiger partial charge < -0.3 is 0 Å². The van der Waals surface area contributed by atoms with Gasteiger partial charge in [0.2, 0.25) is 0 Å². The Kier molecular flexibility index (Phi) is 12.1. The molecule has 3 aromatic carbocycles. The standard InChI is InChI=1S/C34H41AsO8/c1-24-16-30(40-19-25-10-6-4-7-11-25)31(41-20-26-12-8-5-9-13-26)17-29(24)33(38)42-22-28(36)18-35-34(2,3)23-43-32(37)27-14-15-39-21-27/h4-13,16-17,27-28,35-36H,14-15,18-23H2,1-3H3/t27-,28?/m0/s1. The Morgan fingerprint density at radius 3 is 2.14 bits per heavy atom. The van der Waals surface area contributed by atoms with Crippen molar-refractivity contribution >= 4 is 27.7 Å². The van der Waals surface area contributed by atoms with Crippen LogP contribution in [0.5, 0.6) is 11.5 Å². The molecule has 2 unspecified atom stereocenters. The molecular formula is C34H41AsO8. The van der Waals surface area contributed by atoms with Gasteiger partial charge in [0.1, 0.15) is 0 Å². The third-order valence-corrected chi connectivity index (χ3v) is 10.8. The van der Waals surface area contributed by atoms with Crippen molar-refractivity contribution in [3.63, 3.8) is 0 Å². The molecule has 43 heavy (non-hydrogen) atoms. The van der Waals surface area contributed by atoms with E-state index in [4.69, 9.17) is 23.7 Å². The van der Waals surface area contributed by atoms with Crippen molar-refractivity contribution in [3.05, 3.63) is 95.1 Å². The first-order valence-corrected chi connectivity index (χ1v) is 17.1. The van der Waals surface area contributed by atoms with Crippen LogP contribution in [0.4, 0.5) is 0 Å². The molecular weight excluding hydrogens is 611 g/mol. The number of aliphatic hydroxyl groups excluding tert-OH is 1. The predicted molar refractivity (Wildman–Crippen MR) is 165 cm³/mol. The molecule has 0 amide bonds. The van der Waals surface area contributed by atoms with Crippen LogP contribution < -0.4 is 9.47 Å². The fourth-order valence-electron chi connectivity index (χ4n) is 4.42. The zero-order valence-corrected chi connectivity index (χ0v) is 27.1. The van der Waals surface area contributed by atoms with Crippen LogP contribution in [0, 0.1) is 12.8 Å². The molecule has 0 aliphatic carbocycles. The van der Waals surface area contributed by atoms with Crippen molar-refractivity contribution in [3.8, 4) is 11.5 Å². The Balaban J connectivity index is 1.33. The molecule has 3 atom stereocenters. The average molecular weight is 653 g/mol. The second kappa shape index (κ2) is 15.9. The first-order valence-electron chi connectivity index (χ1n) is 14.5. The Labute approximate surface area is 260 Å². The van der Waals surface area contributed by atoms with E-state index in [9.17, 15) is 14.7 Å². The van der Waals surface area contributed by atoms with Crippen molar-refractivity contribution in [1.82, 2.24) is 0 Å². The van der Waals surface area contributed by atoms with Gasteiger partial charge in [0.25, 0.3) is 0 Å². The summed E-state index contributed by atoms with van der Waals surface area (Å²) in [5.41, 5.74) is 3.03. The monoisotopic (exact) mass is 652 g/mol. The molecule has 0 spiro atoms. The zero-order valence-electron chi connectivity index (χ0n) is 25.0. The zero-order chi connectivity index (χ0) is 30.7. The third kappa shape index (κ3) is 10.4. The number of hydrogen-bond acceptors (Lipinski definition) is 8. The second-order valence-corrected chi connectivity index (χ2v) is 15.8. The molecule has 9 heteroatoms. The Morgan fingerprint density at radius 1 is 0.953 bits per heavy atom. The third-order valence-electron chi connectivity index (χ3n) is 7.05. The molecule has 230 valence electrons. The van der Waals surface area contributed by atoms with Crippen molar-refractivity contribution < 1.29 is 38.4 Å². The minimum absolute atomic E-state index is 0.122. The van der Waals surface area contributed by atoms with Crippen LogP contribution in [-0.4, -0.2) is 65.3 Å². The number of benzene rings is 3. The number of carbonyl (C=O) groups is 2. The van der Waals surface area contributed by atoms with E-state index in [1.54, 1.807) is 12.1 Å². The number of carbonyl (C=O) groups excluding carboxylic acids is 2. The summed E-state index contributed by atoms with van der Waals surface area (Å²) in [7, 11) is 0. The number of hydrogen-bond donors (Lipinski definition) is 1. The van der Waals surface area contributed by atoms with Gasteiger partial charge in [0.15, 0.2) is 0 Å². The number of esters is 2. The van der Waals surface area contributed by atoms with Crippen molar-refractivity contribution in [2.24, 2.45) is 5.92 Å².